The van der Waals surface area contributed by atoms with Crippen LogP contribution >= 0.6 is 0 Å². The fraction of sp³-hybridized carbons (Fsp3) is 0. The van der Waals surface area contributed by atoms with Crippen LogP contribution in [0.1, 0.15) is 11.1 Å². The minimum Gasteiger partial charge on any atom is -0.456 e. The summed E-state index contributed by atoms with van der Waals surface area (Å²) in [6.07, 6.45) is 2.15. The molecule has 10 rings (SSSR count). The normalized spacial score (nSPS) is 13.1. The van der Waals surface area contributed by atoms with Gasteiger partial charge in [0, 0.05) is 49.7 Å². The summed E-state index contributed by atoms with van der Waals surface area (Å²) >= 11 is 0. The van der Waals surface area contributed by atoms with Gasteiger partial charge in [-0.3, -0.25) is 0 Å². The molecule has 0 bridgehead atoms. The summed E-state index contributed by atoms with van der Waals surface area (Å²) in [7, 11) is 0. The molecule has 9 aromatic rings. The van der Waals surface area contributed by atoms with Crippen molar-refractivity contribution in [3.8, 4) is 16.8 Å². The molecule has 1 aliphatic rings. The molecule has 7 aromatic carbocycles. The van der Waals surface area contributed by atoms with Gasteiger partial charge in [-0.15, -0.1) is 0 Å². The number of benzene rings is 7. The highest BCUT2D eigenvalue weighted by atomic mass is 16.3. The fourth-order valence-corrected chi connectivity index (χ4v) is 7.55. The van der Waals surface area contributed by atoms with Gasteiger partial charge in [-0.2, -0.15) is 0 Å². The maximum absolute atomic E-state index is 6.36. The van der Waals surface area contributed by atoms with Crippen LogP contribution in [0.2, 0.25) is 0 Å². The molecule has 0 amide bonds. The van der Waals surface area contributed by atoms with Crippen LogP contribution < -0.4 is 10.6 Å². The number of fused-ring (bicyclic) bond motifs is 7. The lowest BCUT2D eigenvalue weighted by atomic mass is 9.92. The average Bonchev–Trinajstić information content (AvgIpc) is 3.64. The van der Waals surface area contributed by atoms with Gasteiger partial charge in [-0.1, -0.05) is 116 Å². The molecule has 234 valence electrons. The second-order valence-electron chi connectivity index (χ2n) is 12.9. The zero-order chi connectivity index (χ0) is 33.2. The van der Waals surface area contributed by atoms with Crippen LogP contribution in [0.25, 0.3) is 77.9 Å². The molecule has 3 heterocycles. The van der Waals surface area contributed by atoms with E-state index in [1.165, 1.54) is 10.8 Å². The highest BCUT2D eigenvalue weighted by Gasteiger charge is 2.19. The van der Waals surface area contributed by atoms with E-state index in [1.54, 1.807) is 0 Å². The molecular formula is C47H30N2O. The Labute approximate surface area is 288 Å². The first-order valence-corrected chi connectivity index (χ1v) is 16.9. The van der Waals surface area contributed by atoms with E-state index in [0.29, 0.717) is 0 Å². The van der Waals surface area contributed by atoms with E-state index in [9.17, 15) is 0 Å². The van der Waals surface area contributed by atoms with Gasteiger partial charge in [0.15, 0.2) is 0 Å². The molecule has 0 fully saturated rings. The Balaban J connectivity index is 1.20. The van der Waals surface area contributed by atoms with E-state index in [4.69, 9.17) is 9.41 Å². The maximum atomic E-state index is 6.36. The van der Waals surface area contributed by atoms with E-state index in [0.717, 1.165) is 88.3 Å². The van der Waals surface area contributed by atoms with Gasteiger partial charge in [-0.05, 0) is 76.9 Å². The number of para-hydroxylation sites is 3. The minimum atomic E-state index is 0.890. The van der Waals surface area contributed by atoms with Crippen LogP contribution in [-0.2, 0) is 0 Å². The molecule has 2 aromatic heterocycles. The molecule has 0 N–H and O–H groups in total. The average molecular weight is 639 g/mol. The summed E-state index contributed by atoms with van der Waals surface area (Å²) in [5.74, 6) is 0. The first-order chi connectivity index (χ1) is 24.7. The van der Waals surface area contributed by atoms with Crippen molar-refractivity contribution < 1.29 is 4.42 Å². The third kappa shape index (κ3) is 4.48. The van der Waals surface area contributed by atoms with E-state index < -0.39 is 0 Å². The molecule has 0 saturated carbocycles. The fourth-order valence-electron chi connectivity index (χ4n) is 7.55. The Morgan fingerprint density at radius 1 is 0.480 bits per heavy atom. The Kier molecular flexibility index (Phi) is 6.33. The molecule has 0 aliphatic carbocycles. The number of hydrogen-bond donors (Lipinski definition) is 0. The summed E-state index contributed by atoms with van der Waals surface area (Å²) < 4.78 is 8.70. The summed E-state index contributed by atoms with van der Waals surface area (Å²) in [6.45, 7) is 4.53. The van der Waals surface area contributed by atoms with Gasteiger partial charge in [0.2, 0.25) is 0 Å². The van der Waals surface area contributed by atoms with Crippen molar-refractivity contribution in [2.45, 2.75) is 0 Å². The van der Waals surface area contributed by atoms with Crippen LogP contribution in [0.5, 0.6) is 0 Å². The second kappa shape index (κ2) is 11.2. The van der Waals surface area contributed by atoms with Crippen LogP contribution in [-0.4, -0.2) is 4.57 Å². The highest BCUT2D eigenvalue weighted by Crippen LogP contribution is 2.40. The summed E-state index contributed by atoms with van der Waals surface area (Å²) in [4.78, 5) is 5.30. The zero-order valence-electron chi connectivity index (χ0n) is 27.2. The summed E-state index contributed by atoms with van der Waals surface area (Å²) in [5, 5.41) is 6.64. The monoisotopic (exact) mass is 638 g/mol. The largest absolute Gasteiger partial charge is 0.456 e. The Morgan fingerprint density at radius 3 is 2.06 bits per heavy atom. The predicted molar refractivity (Wildman–Crippen MR) is 208 cm³/mol. The third-order valence-electron chi connectivity index (χ3n) is 9.87. The van der Waals surface area contributed by atoms with Gasteiger partial charge in [-0.25, -0.2) is 4.99 Å². The van der Waals surface area contributed by atoms with Gasteiger partial charge >= 0.3 is 0 Å². The second-order valence-corrected chi connectivity index (χ2v) is 12.9. The minimum absolute atomic E-state index is 0.890. The van der Waals surface area contributed by atoms with Crippen LogP contribution in [0.4, 0.5) is 0 Å². The quantitative estimate of drug-likeness (QED) is 0.189. The molecule has 0 spiro atoms. The van der Waals surface area contributed by atoms with Crippen molar-refractivity contribution in [2.24, 2.45) is 4.99 Å². The van der Waals surface area contributed by atoms with E-state index in [2.05, 4.69) is 157 Å². The SMILES string of the molecule is C=C1C=c2ccccc2=NC(c2cccc(-c3ccc4c(c3)c3cc5c(cc3n4-c3ccccc3)oc3ccccc35)c2)=C1c1ccccc1. The molecule has 0 saturated heterocycles. The van der Waals surface area contributed by atoms with Crippen molar-refractivity contribution >= 4 is 61.1 Å². The van der Waals surface area contributed by atoms with Crippen LogP contribution in [0.15, 0.2) is 185 Å². The smallest absolute Gasteiger partial charge is 0.137 e. The van der Waals surface area contributed by atoms with E-state index >= 15 is 0 Å². The number of rotatable bonds is 4. The molecule has 3 nitrogen and oxygen atoms in total. The van der Waals surface area contributed by atoms with Gasteiger partial charge in [0.1, 0.15) is 11.2 Å². The lowest BCUT2D eigenvalue weighted by Crippen LogP contribution is -2.23. The first-order valence-electron chi connectivity index (χ1n) is 16.9. The lowest BCUT2D eigenvalue weighted by molar-refractivity contribution is 0.669. The van der Waals surface area contributed by atoms with Gasteiger partial charge in [0.05, 0.1) is 22.1 Å². The van der Waals surface area contributed by atoms with Gasteiger partial charge < -0.3 is 8.98 Å². The molecule has 3 heteroatoms. The van der Waals surface area contributed by atoms with Gasteiger partial charge in [0.25, 0.3) is 0 Å². The first kappa shape index (κ1) is 28.3. The van der Waals surface area contributed by atoms with E-state index in [-0.39, 0.29) is 0 Å². The number of allylic oxidation sites excluding steroid dienone is 2. The van der Waals surface area contributed by atoms with Crippen molar-refractivity contribution in [3.05, 3.63) is 198 Å². The van der Waals surface area contributed by atoms with Crippen LogP contribution in [0, 0.1) is 0 Å². The molecule has 50 heavy (non-hydrogen) atoms. The van der Waals surface area contributed by atoms with E-state index in [1.807, 2.05) is 24.3 Å². The number of hydrogen-bond acceptors (Lipinski definition) is 2. The third-order valence-corrected chi connectivity index (χ3v) is 9.87. The number of furan rings is 1. The van der Waals surface area contributed by atoms with Crippen molar-refractivity contribution in [1.82, 2.24) is 4.57 Å². The van der Waals surface area contributed by atoms with Crippen molar-refractivity contribution in [2.75, 3.05) is 0 Å². The lowest BCUT2D eigenvalue weighted by Gasteiger charge is -2.14. The number of aromatic nitrogens is 1. The van der Waals surface area contributed by atoms with Crippen molar-refractivity contribution in [1.29, 1.82) is 0 Å². The highest BCUT2D eigenvalue weighted by molar-refractivity contribution is 6.18. The maximum Gasteiger partial charge on any atom is 0.137 e. The standard InChI is InChI=1S/C47H30N2O/c1-30-25-34-15-8-10-21-41(34)48-47(46(30)31-13-4-2-5-14-31)35-17-12-16-32(26-35)33-23-24-42-38(27-33)39-28-40-37-20-9-11-22-44(37)50-45(40)29-43(39)49(42)36-18-6-3-7-19-36/h2-29H,1H2. The summed E-state index contributed by atoms with van der Waals surface area (Å²) in [5.41, 5.74) is 12.5. The Morgan fingerprint density at radius 2 is 1.18 bits per heavy atom. The zero-order valence-corrected chi connectivity index (χ0v) is 27.2. The predicted octanol–water partition coefficient (Wildman–Crippen LogP) is 10.9. The molecular weight excluding hydrogens is 609 g/mol. The van der Waals surface area contributed by atoms with Crippen LogP contribution in [0.3, 0.4) is 0 Å². The molecule has 1 aliphatic heterocycles. The Hall–Kier alpha value is -6.71. The molecule has 0 unspecified atom stereocenters. The van der Waals surface area contributed by atoms with Crippen molar-refractivity contribution in [3.63, 3.8) is 0 Å². The topological polar surface area (TPSA) is 30.4 Å². The number of nitrogens with zero attached hydrogens (tertiary/aromatic N) is 2. The summed E-state index contributed by atoms with van der Waals surface area (Å²) in [6, 6.07) is 57.7. The molecule has 0 radical (unpaired) electrons. The Bertz CT molecular complexity index is 2980. The molecule has 0 atom stereocenters.